The van der Waals surface area contributed by atoms with Crippen LogP contribution in [0.25, 0.3) is 5.69 Å². The van der Waals surface area contributed by atoms with Crippen molar-refractivity contribution in [3.8, 4) is 5.69 Å². The van der Waals surface area contributed by atoms with Gasteiger partial charge in [-0.15, -0.1) is 0 Å². The topological polar surface area (TPSA) is 11.4 Å². The van der Waals surface area contributed by atoms with Crippen molar-refractivity contribution in [2.45, 2.75) is 92.4 Å². The number of benzene rings is 5. The molecule has 262 valence electrons. The van der Waals surface area contributed by atoms with Crippen molar-refractivity contribution in [1.82, 2.24) is 4.57 Å². The first-order valence-corrected chi connectivity index (χ1v) is 18.9. The molecule has 0 aliphatic carbocycles. The van der Waals surface area contributed by atoms with Crippen LogP contribution in [0.5, 0.6) is 0 Å². The van der Waals surface area contributed by atoms with E-state index in [9.17, 15) is 0 Å². The van der Waals surface area contributed by atoms with Gasteiger partial charge < -0.3 is 14.4 Å². The molecule has 0 fully saturated rings. The summed E-state index contributed by atoms with van der Waals surface area (Å²) in [6.07, 6.45) is 0. The number of hydrogen-bond acceptors (Lipinski definition) is 2. The number of nitrogens with zero attached hydrogens (tertiary/aromatic N) is 3. The van der Waals surface area contributed by atoms with Gasteiger partial charge in [-0.2, -0.15) is 0 Å². The lowest BCUT2D eigenvalue weighted by Crippen LogP contribution is -2.63. The molecule has 0 atom stereocenters. The van der Waals surface area contributed by atoms with Crippen LogP contribution < -0.4 is 26.3 Å². The van der Waals surface area contributed by atoms with Gasteiger partial charge in [0, 0.05) is 45.4 Å². The van der Waals surface area contributed by atoms with E-state index < -0.39 is 0 Å². The van der Waals surface area contributed by atoms with Crippen molar-refractivity contribution in [2.24, 2.45) is 0 Å². The van der Waals surface area contributed by atoms with Crippen molar-refractivity contribution < 1.29 is 0 Å². The molecular formula is C48H52BN3. The number of hydrogen-bond donors (Lipinski definition) is 0. The monoisotopic (exact) mass is 681 g/mol. The molecule has 0 N–H and O–H groups in total. The Morgan fingerprint density at radius 3 is 1.48 bits per heavy atom. The Morgan fingerprint density at radius 1 is 0.462 bits per heavy atom. The second-order valence-electron chi connectivity index (χ2n) is 18.0. The lowest BCUT2D eigenvalue weighted by atomic mass is 9.34. The highest BCUT2D eigenvalue weighted by molar-refractivity contribution is 7.00. The van der Waals surface area contributed by atoms with Crippen LogP contribution in [0.15, 0.2) is 115 Å². The molecule has 0 amide bonds. The molecule has 0 radical (unpaired) electrons. The van der Waals surface area contributed by atoms with Crippen LogP contribution in [0.1, 0.15) is 90.3 Å². The van der Waals surface area contributed by atoms with E-state index in [0.717, 1.165) is 0 Å². The van der Waals surface area contributed by atoms with Crippen molar-refractivity contribution in [3.63, 3.8) is 0 Å². The first-order valence-electron chi connectivity index (χ1n) is 18.9. The van der Waals surface area contributed by atoms with Crippen molar-refractivity contribution in [1.29, 1.82) is 0 Å². The second-order valence-corrected chi connectivity index (χ2v) is 18.0. The van der Waals surface area contributed by atoms with E-state index in [0.29, 0.717) is 0 Å². The average Bonchev–Trinajstić information content (AvgIpc) is 3.36. The van der Waals surface area contributed by atoms with E-state index >= 15 is 0 Å². The van der Waals surface area contributed by atoms with Gasteiger partial charge in [0.25, 0.3) is 6.71 Å². The molecule has 0 spiro atoms. The fourth-order valence-corrected chi connectivity index (χ4v) is 8.39. The molecule has 2 aliphatic rings. The van der Waals surface area contributed by atoms with Crippen LogP contribution in [-0.2, 0) is 16.2 Å². The van der Waals surface area contributed by atoms with Gasteiger partial charge in [-0.25, -0.2) is 0 Å². The van der Waals surface area contributed by atoms with Crippen LogP contribution >= 0.6 is 0 Å². The first-order chi connectivity index (χ1) is 24.6. The third kappa shape index (κ3) is 5.33. The summed E-state index contributed by atoms with van der Waals surface area (Å²) in [7, 11) is 0. The van der Waals surface area contributed by atoms with Gasteiger partial charge in [0.2, 0.25) is 0 Å². The first kappa shape index (κ1) is 34.1. The predicted molar refractivity (Wildman–Crippen MR) is 225 cm³/mol. The highest BCUT2D eigenvalue weighted by Gasteiger charge is 2.47. The Hall–Kier alpha value is -4.96. The van der Waals surface area contributed by atoms with E-state index in [1.165, 1.54) is 84.3 Å². The largest absolute Gasteiger partial charge is 0.324 e. The number of fused-ring (bicyclic) bond motifs is 4. The quantitative estimate of drug-likeness (QED) is 0.172. The standard InChI is InChI=1S/C48H52BN3/c1-31-32(2)50(36-17-13-12-14-18-36)45-44(31)52(38-27-23-34(24-28-38)47(6,7)8)42-30-35(48(9,10)11)29-41-43(42)49(45)39-19-15-16-20-40(39)51(41)37-25-21-33(22-26-37)46(3,4)5/h12-30H,1-11H3. The molecule has 6 aromatic rings. The fraction of sp³-hybridized carbons (Fsp3) is 0.292. The maximum absolute atomic E-state index is 2.59. The van der Waals surface area contributed by atoms with Gasteiger partial charge in [0.05, 0.1) is 5.69 Å². The maximum Gasteiger partial charge on any atom is 0.273 e. The van der Waals surface area contributed by atoms with Crippen LogP contribution in [0.3, 0.4) is 0 Å². The van der Waals surface area contributed by atoms with E-state index in [1.54, 1.807) is 0 Å². The summed E-state index contributed by atoms with van der Waals surface area (Å²) >= 11 is 0. The van der Waals surface area contributed by atoms with Crippen molar-refractivity contribution in [2.75, 3.05) is 9.80 Å². The summed E-state index contributed by atoms with van der Waals surface area (Å²) < 4.78 is 2.54. The Balaban J connectivity index is 1.50. The minimum absolute atomic E-state index is 0.0352. The Labute approximate surface area is 312 Å². The third-order valence-electron chi connectivity index (χ3n) is 11.5. The molecule has 8 rings (SSSR count). The molecule has 5 aromatic carbocycles. The smallest absolute Gasteiger partial charge is 0.273 e. The molecular weight excluding hydrogens is 629 g/mol. The zero-order valence-corrected chi connectivity index (χ0v) is 32.9. The predicted octanol–water partition coefficient (Wildman–Crippen LogP) is 11.1. The van der Waals surface area contributed by atoms with Crippen molar-refractivity contribution >= 4 is 57.4 Å². The molecule has 3 nitrogen and oxygen atoms in total. The number of aromatic nitrogens is 1. The molecule has 1 aromatic heterocycles. The lowest BCUT2D eigenvalue weighted by molar-refractivity contribution is 0.590. The Bertz CT molecular complexity index is 2310. The number of anilines is 6. The summed E-state index contributed by atoms with van der Waals surface area (Å²) in [5, 5.41) is 0. The van der Waals surface area contributed by atoms with Gasteiger partial charge in [0.15, 0.2) is 0 Å². The lowest BCUT2D eigenvalue weighted by Gasteiger charge is -2.44. The highest BCUT2D eigenvalue weighted by Crippen LogP contribution is 2.48. The van der Waals surface area contributed by atoms with Gasteiger partial charge in [-0.05, 0) is 118 Å². The minimum Gasteiger partial charge on any atom is -0.324 e. The maximum atomic E-state index is 2.59. The molecule has 0 saturated heterocycles. The normalized spacial score (nSPS) is 13.9. The summed E-state index contributed by atoms with van der Waals surface area (Å²) in [5.74, 6) is 0. The van der Waals surface area contributed by atoms with Gasteiger partial charge >= 0.3 is 0 Å². The van der Waals surface area contributed by atoms with Crippen LogP contribution in [0, 0.1) is 13.8 Å². The summed E-state index contributed by atoms with van der Waals surface area (Å²) in [6.45, 7) is 25.4. The van der Waals surface area contributed by atoms with Crippen LogP contribution in [-0.4, -0.2) is 11.3 Å². The summed E-state index contributed by atoms with van der Waals surface area (Å²) in [5.41, 5.74) is 19.3. The van der Waals surface area contributed by atoms with E-state index in [-0.39, 0.29) is 23.0 Å². The Morgan fingerprint density at radius 2 is 0.942 bits per heavy atom. The Kier molecular flexibility index (Phi) is 7.74. The molecule has 0 bridgehead atoms. The van der Waals surface area contributed by atoms with Crippen LogP contribution in [0.2, 0.25) is 0 Å². The van der Waals surface area contributed by atoms with Crippen LogP contribution in [0.4, 0.5) is 34.1 Å². The number of rotatable bonds is 3. The molecule has 52 heavy (non-hydrogen) atoms. The third-order valence-corrected chi connectivity index (χ3v) is 11.5. The van der Waals surface area contributed by atoms with Crippen molar-refractivity contribution in [3.05, 3.63) is 143 Å². The zero-order chi connectivity index (χ0) is 36.9. The number of para-hydroxylation sites is 2. The molecule has 0 saturated carbocycles. The molecule has 4 heteroatoms. The molecule has 3 heterocycles. The SMILES string of the molecule is Cc1c2c(n(-c3ccccc3)c1C)B1c3ccccc3N(c3ccc(C(C)(C)C)cc3)c3cc(C(C)(C)C)cc(c31)N2c1ccc(C(C)(C)C)cc1. The van der Waals surface area contributed by atoms with Gasteiger partial charge in [-0.3, -0.25) is 0 Å². The van der Waals surface area contributed by atoms with E-state index in [4.69, 9.17) is 0 Å². The van der Waals surface area contributed by atoms with Gasteiger partial charge in [-0.1, -0.05) is 123 Å². The molecule has 0 unspecified atom stereocenters. The van der Waals surface area contributed by atoms with Gasteiger partial charge in [0.1, 0.15) is 0 Å². The minimum atomic E-state index is -0.0667. The van der Waals surface area contributed by atoms with E-state index in [2.05, 4.69) is 206 Å². The molecule has 2 aliphatic heterocycles. The zero-order valence-electron chi connectivity index (χ0n) is 32.9. The average molecular weight is 682 g/mol. The summed E-state index contributed by atoms with van der Waals surface area (Å²) in [4.78, 5) is 5.12. The second kappa shape index (κ2) is 11.8. The highest BCUT2D eigenvalue weighted by atomic mass is 15.2. The van der Waals surface area contributed by atoms with E-state index in [1.807, 2.05) is 0 Å². The fourth-order valence-electron chi connectivity index (χ4n) is 8.39. The summed E-state index contributed by atoms with van der Waals surface area (Å²) in [6, 6.07) is 43.7.